The van der Waals surface area contributed by atoms with Crippen molar-refractivity contribution in [3.63, 3.8) is 0 Å². The second-order valence-electron chi connectivity index (χ2n) is 6.15. The van der Waals surface area contributed by atoms with Crippen LogP contribution in [0.15, 0.2) is 30.7 Å². The molecule has 2 aliphatic rings. The number of hydrogen-bond donors (Lipinski definition) is 1. The summed E-state index contributed by atoms with van der Waals surface area (Å²) in [5.74, 6) is 1.14. The Balaban J connectivity index is 1.47. The lowest BCUT2D eigenvalue weighted by Crippen LogP contribution is -2.49. The summed E-state index contributed by atoms with van der Waals surface area (Å²) in [5, 5.41) is 0.606. The fourth-order valence-corrected chi connectivity index (χ4v) is 3.59. The van der Waals surface area contributed by atoms with Crippen LogP contribution in [0.2, 0.25) is 5.02 Å². The Morgan fingerprint density at radius 1 is 1.29 bits per heavy atom. The Hall–Kier alpha value is -2.21. The fourth-order valence-electron chi connectivity index (χ4n) is 3.42. The highest BCUT2D eigenvalue weighted by Gasteiger charge is 2.31. The van der Waals surface area contributed by atoms with Crippen LogP contribution in [-0.2, 0) is 0 Å². The molecule has 24 heavy (non-hydrogen) atoms. The van der Waals surface area contributed by atoms with Gasteiger partial charge in [0.25, 0.3) is 0 Å². The summed E-state index contributed by atoms with van der Waals surface area (Å²) >= 11 is 6.09. The number of aromatic nitrogens is 2. The number of halogens is 1. The molecule has 1 aromatic carbocycles. The number of amides is 2. The van der Waals surface area contributed by atoms with Crippen LogP contribution in [-0.4, -0.2) is 47.1 Å². The molecule has 0 radical (unpaired) electrons. The minimum atomic E-state index is 0.0299. The summed E-state index contributed by atoms with van der Waals surface area (Å²) in [4.78, 5) is 24.0. The number of nitrogens with zero attached hydrogens (tertiary/aromatic N) is 3. The molecular formula is C17H19ClN4O2. The Bertz CT molecular complexity index is 726. The van der Waals surface area contributed by atoms with Gasteiger partial charge < -0.3 is 14.6 Å². The third-order valence-corrected chi connectivity index (χ3v) is 4.95. The van der Waals surface area contributed by atoms with E-state index < -0.39 is 0 Å². The predicted octanol–water partition coefficient (Wildman–Crippen LogP) is 3.26. The molecule has 1 fully saturated rings. The number of carbonyl (C=O) groups is 1. The number of carbonyl (C=O) groups excluding carboxylic acids is 1. The molecule has 0 saturated carbocycles. The van der Waals surface area contributed by atoms with E-state index in [2.05, 4.69) is 9.97 Å². The second kappa shape index (κ2) is 6.36. The number of ether oxygens (including phenoxy) is 1. The number of imidazole rings is 1. The lowest BCUT2D eigenvalue weighted by atomic mass is 9.94. The number of piperidine rings is 1. The van der Waals surface area contributed by atoms with E-state index in [1.165, 1.54) is 0 Å². The number of fused-ring (bicyclic) bond motifs is 1. The average Bonchev–Trinajstić information content (AvgIpc) is 3.15. The average molecular weight is 347 g/mol. The number of nitrogens with one attached hydrogen (secondary N) is 1. The molecule has 0 bridgehead atoms. The van der Waals surface area contributed by atoms with E-state index in [1.54, 1.807) is 23.4 Å². The third-order valence-electron chi connectivity index (χ3n) is 4.72. The summed E-state index contributed by atoms with van der Waals surface area (Å²) in [6.45, 7) is 2.53. The van der Waals surface area contributed by atoms with Crippen LogP contribution < -0.4 is 9.64 Å². The van der Waals surface area contributed by atoms with Crippen molar-refractivity contribution in [2.75, 3.05) is 31.1 Å². The summed E-state index contributed by atoms with van der Waals surface area (Å²) in [6, 6.07) is 5.43. The largest absolute Gasteiger partial charge is 0.490 e. The number of likely N-dealkylation sites (tertiary alicyclic amines) is 1. The van der Waals surface area contributed by atoms with Crippen LogP contribution in [0.1, 0.15) is 24.5 Å². The van der Waals surface area contributed by atoms with Crippen LogP contribution in [0.4, 0.5) is 10.5 Å². The molecule has 0 unspecified atom stereocenters. The van der Waals surface area contributed by atoms with E-state index in [-0.39, 0.29) is 6.03 Å². The van der Waals surface area contributed by atoms with Gasteiger partial charge in [-0.05, 0) is 31.0 Å². The van der Waals surface area contributed by atoms with Crippen molar-refractivity contribution in [3.05, 3.63) is 41.4 Å². The number of aromatic amines is 1. The Morgan fingerprint density at radius 2 is 2.12 bits per heavy atom. The number of rotatable bonds is 1. The van der Waals surface area contributed by atoms with Gasteiger partial charge in [0.15, 0.2) is 0 Å². The highest BCUT2D eigenvalue weighted by molar-refractivity contribution is 6.31. The van der Waals surface area contributed by atoms with Gasteiger partial charge in [-0.25, -0.2) is 9.78 Å². The molecule has 0 spiro atoms. The second-order valence-corrected chi connectivity index (χ2v) is 6.59. The van der Waals surface area contributed by atoms with Gasteiger partial charge in [-0.1, -0.05) is 11.6 Å². The van der Waals surface area contributed by atoms with Crippen molar-refractivity contribution < 1.29 is 9.53 Å². The molecule has 0 aliphatic carbocycles. The first-order valence-corrected chi connectivity index (χ1v) is 8.57. The monoisotopic (exact) mass is 346 g/mol. The minimum absolute atomic E-state index is 0.0299. The SMILES string of the molecule is O=C(N1CCC(c2c[nH]cn2)CC1)N1CCOc2ccc(Cl)cc21. The van der Waals surface area contributed by atoms with E-state index in [0.29, 0.717) is 29.8 Å². The van der Waals surface area contributed by atoms with Crippen LogP contribution in [0.25, 0.3) is 0 Å². The zero-order chi connectivity index (χ0) is 16.5. The van der Waals surface area contributed by atoms with E-state index >= 15 is 0 Å². The maximum atomic E-state index is 13.0. The van der Waals surface area contributed by atoms with Gasteiger partial charge in [0, 0.05) is 30.2 Å². The molecule has 1 aromatic heterocycles. The number of H-pyrrole nitrogens is 1. The molecule has 4 rings (SSSR count). The lowest BCUT2D eigenvalue weighted by molar-refractivity contribution is 0.183. The van der Waals surface area contributed by atoms with Gasteiger partial charge in [-0.15, -0.1) is 0 Å². The van der Waals surface area contributed by atoms with Crippen LogP contribution >= 0.6 is 11.6 Å². The zero-order valence-corrected chi connectivity index (χ0v) is 14.0. The maximum Gasteiger partial charge on any atom is 0.324 e. The number of urea groups is 1. The van der Waals surface area contributed by atoms with E-state index in [0.717, 1.165) is 37.3 Å². The van der Waals surface area contributed by atoms with E-state index in [4.69, 9.17) is 16.3 Å². The first-order chi connectivity index (χ1) is 11.7. The molecule has 2 amide bonds. The Morgan fingerprint density at radius 3 is 2.88 bits per heavy atom. The first-order valence-electron chi connectivity index (χ1n) is 8.20. The zero-order valence-electron chi connectivity index (χ0n) is 13.2. The van der Waals surface area contributed by atoms with Gasteiger partial charge >= 0.3 is 6.03 Å². The van der Waals surface area contributed by atoms with E-state index in [1.807, 2.05) is 17.2 Å². The summed E-state index contributed by atoms with van der Waals surface area (Å²) in [5.41, 5.74) is 1.85. The predicted molar refractivity (Wildman–Crippen MR) is 91.8 cm³/mol. The molecule has 2 aliphatic heterocycles. The quantitative estimate of drug-likeness (QED) is 0.862. The van der Waals surface area contributed by atoms with Crippen molar-refractivity contribution in [3.8, 4) is 5.75 Å². The van der Waals surface area contributed by atoms with Crippen molar-refractivity contribution in [1.29, 1.82) is 0 Å². The van der Waals surface area contributed by atoms with E-state index in [9.17, 15) is 4.79 Å². The van der Waals surface area contributed by atoms with Gasteiger partial charge in [0.05, 0.1) is 24.3 Å². The van der Waals surface area contributed by atoms with Gasteiger partial charge in [-0.2, -0.15) is 0 Å². The fraction of sp³-hybridized carbons (Fsp3) is 0.412. The molecule has 3 heterocycles. The number of hydrogen-bond acceptors (Lipinski definition) is 3. The normalized spacial score (nSPS) is 18.2. The highest BCUT2D eigenvalue weighted by atomic mass is 35.5. The summed E-state index contributed by atoms with van der Waals surface area (Å²) in [6.07, 6.45) is 5.52. The molecule has 126 valence electrons. The molecule has 7 heteroatoms. The van der Waals surface area contributed by atoms with Gasteiger partial charge in [0.1, 0.15) is 12.4 Å². The smallest absolute Gasteiger partial charge is 0.324 e. The lowest BCUT2D eigenvalue weighted by Gasteiger charge is -2.37. The summed E-state index contributed by atoms with van der Waals surface area (Å²) < 4.78 is 5.63. The number of benzene rings is 1. The van der Waals surface area contributed by atoms with Crippen molar-refractivity contribution in [1.82, 2.24) is 14.9 Å². The maximum absolute atomic E-state index is 13.0. The molecule has 6 nitrogen and oxygen atoms in total. The molecular weight excluding hydrogens is 328 g/mol. The Labute approximate surface area is 145 Å². The summed E-state index contributed by atoms with van der Waals surface area (Å²) in [7, 11) is 0. The van der Waals surface area contributed by atoms with Crippen molar-refractivity contribution >= 4 is 23.3 Å². The standard InChI is InChI=1S/C17H19ClN4O2/c18-13-1-2-16-15(9-13)22(7-8-24-16)17(23)21-5-3-12(4-6-21)14-10-19-11-20-14/h1-2,9-12H,3-8H2,(H,19,20). The molecule has 1 saturated heterocycles. The Kier molecular flexibility index (Phi) is 4.06. The third kappa shape index (κ3) is 2.82. The topological polar surface area (TPSA) is 61.5 Å². The van der Waals surface area contributed by atoms with Crippen LogP contribution in [0.3, 0.4) is 0 Å². The molecule has 1 N–H and O–H groups in total. The highest BCUT2D eigenvalue weighted by Crippen LogP contribution is 2.35. The molecule has 2 aromatic rings. The molecule has 0 atom stereocenters. The minimum Gasteiger partial charge on any atom is -0.490 e. The van der Waals surface area contributed by atoms with Crippen LogP contribution in [0.5, 0.6) is 5.75 Å². The van der Waals surface area contributed by atoms with Gasteiger partial charge in [-0.3, -0.25) is 4.90 Å². The van der Waals surface area contributed by atoms with Gasteiger partial charge in [0.2, 0.25) is 0 Å². The number of anilines is 1. The van der Waals surface area contributed by atoms with Crippen molar-refractivity contribution in [2.45, 2.75) is 18.8 Å². The first kappa shape index (κ1) is 15.3. The van der Waals surface area contributed by atoms with Crippen LogP contribution in [0, 0.1) is 0 Å². The van der Waals surface area contributed by atoms with Crippen molar-refractivity contribution in [2.24, 2.45) is 0 Å².